The maximum absolute atomic E-state index is 10.9. The first-order valence-corrected chi connectivity index (χ1v) is 7.89. The largest absolute Gasteiger partial charge is 0.469 e. The van der Waals surface area contributed by atoms with E-state index in [1.165, 1.54) is 7.11 Å². The third-order valence-corrected chi connectivity index (χ3v) is 3.73. The molecule has 0 aromatic carbocycles. The standard InChI is InChI=1S/C14H31N5O2/c1-21-14(20)2-4-16-6-8-18-10-12-19(13-11-18)9-7-17-5-3-15/h16-17H,2-13,15H2,1H3. The molecule has 21 heavy (non-hydrogen) atoms. The maximum atomic E-state index is 10.9. The van der Waals surface area contributed by atoms with E-state index in [4.69, 9.17) is 5.73 Å². The number of ether oxygens (including phenoxy) is 1. The number of piperazine rings is 1. The number of nitrogens with two attached hydrogens (primary N) is 1. The number of hydrogen-bond donors (Lipinski definition) is 3. The maximum Gasteiger partial charge on any atom is 0.306 e. The number of carbonyl (C=O) groups is 1. The highest BCUT2D eigenvalue weighted by Gasteiger charge is 2.15. The van der Waals surface area contributed by atoms with E-state index in [9.17, 15) is 4.79 Å². The van der Waals surface area contributed by atoms with Crippen molar-refractivity contribution in [1.29, 1.82) is 0 Å². The van der Waals surface area contributed by atoms with E-state index in [-0.39, 0.29) is 5.97 Å². The lowest BCUT2D eigenvalue weighted by Gasteiger charge is -2.34. The SMILES string of the molecule is COC(=O)CCNCCN1CCN(CCNCCN)CC1. The number of methoxy groups -OCH3 is 1. The van der Waals surface area contributed by atoms with Gasteiger partial charge in [-0.2, -0.15) is 0 Å². The monoisotopic (exact) mass is 301 g/mol. The normalized spacial score (nSPS) is 17.0. The number of hydrogen-bond acceptors (Lipinski definition) is 7. The average Bonchev–Trinajstić information content (AvgIpc) is 2.52. The molecule has 1 saturated heterocycles. The average molecular weight is 301 g/mol. The summed E-state index contributed by atoms with van der Waals surface area (Å²) in [7, 11) is 1.42. The predicted octanol–water partition coefficient (Wildman–Crippen LogP) is -1.69. The second-order valence-electron chi connectivity index (χ2n) is 5.30. The first-order valence-electron chi connectivity index (χ1n) is 7.89. The number of nitrogens with zero attached hydrogens (tertiary/aromatic N) is 2. The summed E-state index contributed by atoms with van der Waals surface area (Å²) in [6, 6.07) is 0. The van der Waals surface area contributed by atoms with Crippen LogP contribution in [0.15, 0.2) is 0 Å². The van der Waals surface area contributed by atoms with Crippen LogP contribution in [0.2, 0.25) is 0 Å². The van der Waals surface area contributed by atoms with Gasteiger partial charge in [-0.15, -0.1) is 0 Å². The minimum atomic E-state index is -0.153. The minimum Gasteiger partial charge on any atom is -0.469 e. The fraction of sp³-hybridized carbons (Fsp3) is 0.929. The molecule has 0 aromatic heterocycles. The summed E-state index contributed by atoms with van der Waals surface area (Å²) >= 11 is 0. The molecule has 1 aliphatic rings. The Morgan fingerprint density at radius 2 is 1.52 bits per heavy atom. The smallest absolute Gasteiger partial charge is 0.306 e. The van der Waals surface area contributed by atoms with E-state index >= 15 is 0 Å². The minimum absolute atomic E-state index is 0.153. The molecular weight excluding hydrogens is 270 g/mol. The van der Waals surface area contributed by atoms with E-state index < -0.39 is 0 Å². The van der Waals surface area contributed by atoms with Gasteiger partial charge >= 0.3 is 5.97 Å². The Balaban J connectivity index is 1.94. The van der Waals surface area contributed by atoms with E-state index in [0.717, 1.165) is 58.9 Å². The summed E-state index contributed by atoms with van der Waals surface area (Å²) < 4.78 is 4.60. The van der Waals surface area contributed by atoms with Gasteiger partial charge in [0, 0.05) is 72.0 Å². The molecule has 0 radical (unpaired) electrons. The first-order chi connectivity index (χ1) is 10.3. The number of rotatable bonds is 11. The Hall–Kier alpha value is -0.730. The predicted molar refractivity (Wildman–Crippen MR) is 84.3 cm³/mol. The number of esters is 1. The van der Waals surface area contributed by atoms with Crippen LogP contribution >= 0.6 is 0 Å². The van der Waals surface area contributed by atoms with Crippen LogP contribution in [0.25, 0.3) is 0 Å². The van der Waals surface area contributed by atoms with Crippen LogP contribution in [0.3, 0.4) is 0 Å². The molecule has 7 nitrogen and oxygen atoms in total. The van der Waals surface area contributed by atoms with Crippen LogP contribution in [0, 0.1) is 0 Å². The molecule has 1 heterocycles. The van der Waals surface area contributed by atoms with Crippen LogP contribution in [0.1, 0.15) is 6.42 Å². The Bertz CT molecular complexity index is 270. The zero-order chi connectivity index (χ0) is 15.3. The lowest BCUT2D eigenvalue weighted by atomic mass is 10.3. The van der Waals surface area contributed by atoms with Gasteiger partial charge < -0.3 is 21.1 Å². The van der Waals surface area contributed by atoms with Gasteiger partial charge in [0.1, 0.15) is 0 Å². The van der Waals surface area contributed by atoms with Crippen LogP contribution in [-0.2, 0) is 9.53 Å². The van der Waals surface area contributed by atoms with E-state index in [1.807, 2.05) is 0 Å². The highest BCUT2D eigenvalue weighted by Crippen LogP contribution is 2.00. The van der Waals surface area contributed by atoms with Crippen LogP contribution < -0.4 is 16.4 Å². The van der Waals surface area contributed by atoms with Crippen molar-refractivity contribution in [3.05, 3.63) is 0 Å². The molecule has 7 heteroatoms. The van der Waals surface area contributed by atoms with Crippen molar-refractivity contribution in [3.8, 4) is 0 Å². The second kappa shape index (κ2) is 11.9. The van der Waals surface area contributed by atoms with Crippen LogP contribution in [0.4, 0.5) is 0 Å². The molecule has 4 N–H and O–H groups in total. The van der Waals surface area contributed by atoms with Gasteiger partial charge in [-0.05, 0) is 0 Å². The molecule has 1 rings (SSSR count). The molecule has 124 valence electrons. The summed E-state index contributed by atoms with van der Waals surface area (Å²) in [5.74, 6) is -0.153. The van der Waals surface area contributed by atoms with Gasteiger partial charge in [0.25, 0.3) is 0 Å². The molecular formula is C14H31N5O2. The van der Waals surface area contributed by atoms with Crippen molar-refractivity contribution in [3.63, 3.8) is 0 Å². The Labute approximate surface area is 128 Å². The molecule has 1 fully saturated rings. The number of carbonyl (C=O) groups excluding carboxylic acids is 1. The Morgan fingerprint density at radius 1 is 1.00 bits per heavy atom. The third-order valence-electron chi connectivity index (χ3n) is 3.73. The van der Waals surface area contributed by atoms with Crippen LogP contribution in [0.5, 0.6) is 0 Å². The fourth-order valence-corrected chi connectivity index (χ4v) is 2.36. The lowest BCUT2D eigenvalue weighted by Crippen LogP contribution is -2.49. The summed E-state index contributed by atoms with van der Waals surface area (Å²) in [5, 5.41) is 6.61. The summed E-state index contributed by atoms with van der Waals surface area (Å²) in [6.07, 6.45) is 0.445. The lowest BCUT2D eigenvalue weighted by molar-refractivity contribution is -0.140. The zero-order valence-corrected chi connectivity index (χ0v) is 13.3. The van der Waals surface area contributed by atoms with Crippen LogP contribution in [-0.4, -0.2) is 94.9 Å². The van der Waals surface area contributed by atoms with Crippen molar-refractivity contribution in [2.24, 2.45) is 5.73 Å². The van der Waals surface area contributed by atoms with Gasteiger partial charge in [0.2, 0.25) is 0 Å². The second-order valence-corrected chi connectivity index (χ2v) is 5.30. The molecule has 0 amide bonds. The number of nitrogens with one attached hydrogen (secondary N) is 2. The quantitative estimate of drug-likeness (QED) is 0.310. The fourth-order valence-electron chi connectivity index (χ4n) is 2.36. The highest BCUT2D eigenvalue weighted by atomic mass is 16.5. The first kappa shape index (κ1) is 18.3. The molecule has 0 atom stereocenters. The molecule has 0 aromatic rings. The van der Waals surface area contributed by atoms with Crippen molar-refractivity contribution >= 4 is 5.97 Å². The summed E-state index contributed by atoms with van der Waals surface area (Å²) in [4.78, 5) is 15.9. The van der Waals surface area contributed by atoms with Crippen molar-refractivity contribution in [2.75, 3.05) is 79.1 Å². The van der Waals surface area contributed by atoms with Gasteiger partial charge in [-0.25, -0.2) is 0 Å². The highest BCUT2D eigenvalue weighted by molar-refractivity contribution is 5.69. The molecule has 0 aliphatic carbocycles. The summed E-state index contributed by atoms with van der Waals surface area (Å²) in [6.45, 7) is 10.9. The van der Waals surface area contributed by atoms with Crippen molar-refractivity contribution < 1.29 is 9.53 Å². The van der Waals surface area contributed by atoms with Gasteiger partial charge in [-0.3, -0.25) is 14.6 Å². The molecule has 0 saturated carbocycles. The van der Waals surface area contributed by atoms with Gasteiger partial charge in [-0.1, -0.05) is 0 Å². The summed E-state index contributed by atoms with van der Waals surface area (Å²) in [5.41, 5.74) is 5.44. The third kappa shape index (κ3) is 9.00. The van der Waals surface area contributed by atoms with Gasteiger partial charge in [0.05, 0.1) is 13.5 Å². The molecule has 0 spiro atoms. The van der Waals surface area contributed by atoms with Crippen molar-refractivity contribution in [1.82, 2.24) is 20.4 Å². The Morgan fingerprint density at radius 3 is 2.00 bits per heavy atom. The topological polar surface area (TPSA) is 82.9 Å². The Kier molecular flexibility index (Phi) is 10.4. The zero-order valence-electron chi connectivity index (χ0n) is 13.3. The molecule has 1 aliphatic heterocycles. The van der Waals surface area contributed by atoms with Crippen molar-refractivity contribution in [2.45, 2.75) is 6.42 Å². The van der Waals surface area contributed by atoms with E-state index in [1.54, 1.807) is 0 Å². The van der Waals surface area contributed by atoms with E-state index in [2.05, 4.69) is 25.2 Å². The van der Waals surface area contributed by atoms with E-state index in [0.29, 0.717) is 19.5 Å². The molecule has 0 unspecified atom stereocenters. The van der Waals surface area contributed by atoms with Gasteiger partial charge in [0.15, 0.2) is 0 Å². The molecule has 0 bridgehead atoms.